The highest BCUT2D eigenvalue weighted by molar-refractivity contribution is 14.1. The fraction of sp³-hybridized carbons (Fsp3) is 0.455. The summed E-state index contributed by atoms with van der Waals surface area (Å²) in [4.78, 5) is 39.2. The lowest BCUT2D eigenvalue weighted by Crippen LogP contribution is -2.39. The average Bonchev–Trinajstić information content (AvgIpc) is 3.25. The van der Waals surface area contributed by atoms with Gasteiger partial charge in [-0.2, -0.15) is 0 Å². The summed E-state index contributed by atoms with van der Waals surface area (Å²) in [5, 5.41) is 43.8. The van der Waals surface area contributed by atoms with Gasteiger partial charge in [-0.25, -0.2) is 4.90 Å². The number of carbonyl (C=O) groups excluding carboxylic acids is 2. The first-order valence-corrected chi connectivity index (χ1v) is 16.0. The first-order chi connectivity index (χ1) is 21.1. The Labute approximate surface area is 270 Å². The summed E-state index contributed by atoms with van der Waals surface area (Å²) in [6.07, 6.45) is 5.41. The molecular weight excluding hydrogens is 679 g/mol. The summed E-state index contributed by atoms with van der Waals surface area (Å²) in [5.74, 6) is -2.80. The summed E-state index contributed by atoms with van der Waals surface area (Å²) in [7, 11) is 1.50. The number of benzene rings is 2. The zero-order valence-electron chi connectivity index (χ0n) is 25.2. The van der Waals surface area contributed by atoms with Crippen molar-refractivity contribution < 1.29 is 34.6 Å². The lowest BCUT2D eigenvalue weighted by Gasteiger charge is -2.36. The molecule has 4 atom stereocenters. The minimum Gasteiger partial charge on any atom is -0.504 e. The second-order valence-corrected chi connectivity index (χ2v) is 12.5. The number of hydrogen-bond acceptors (Lipinski definition) is 8. The third kappa shape index (κ3) is 6.84. The Morgan fingerprint density at radius 1 is 1.18 bits per heavy atom. The highest BCUT2D eigenvalue weighted by Crippen LogP contribution is 2.48. The second-order valence-electron chi connectivity index (χ2n) is 11.4. The number of hydrogen-bond donors (Lipinski definition) is 3. The number of allylic oxidation sites excluding steroid dienone is 2. The van der Waals surface area contributed by atoms with Gasteiger partial charge in [-0.05, 0) is 84.0 Å². The lowest BCUT2D eigenvalue weighted by atomic mass is 9.67. The number of halogens is 1. The van der Waals surface area contributed by atoms with Gasteiger partial charge in [0.05, 0.1) is 45.8 Å². The van der Waals surface area contributed by atoms with E-state index in [1.165, 1.54) is 31.4 Å². The number of fused-ring (bicyclic) bond motifs is 1. The third-order valence-electron chi connectivity index (χ3n) is 8.54. The van der Waals surface area contributed by atoms with E-state index in [4.69, 9.17) is 4.74 Å². The van der Waals surface area contributed by atoms with Crippen molar-refractivity contribution in [2.75, 3.05) is 18.6 Å². The predicted molar refractivity (Wildman–Crippen MR) is 175 cm³/mol. The van der Waals surface area contributed by atoms with Gasteiger partial charge in [-0.15, -0.1) is 0 Å². The first-order valence-electron chi connectivity index (χ1n) is 14.9. The molecule has 1 aliphatic carbocycles. The standard InChI is InChI=1S/C33H39IN2O8/c1-4-7-19(13-20-14-26(34)31(39)28(15-20)44-3)11-12-27(38)29-21(8-5-2)16-24-30(25(29)18-37)33(41)35(32(24)40)22-9-6-10-23(17-22)36(42)43/h6,9-10,13-15,17,24-25,27,30,37-39H,4-5,7-8,11-12,16,18H2,1-3H3/b19-13+/t24-,25+,27-,30-/m1/s1. The molecule has 0 unspecified atom stereocenters. The number of rotatable bonds is 13. The average molecular weight is 719 g/mol. The van der Waals surface area contributed by atoms with Crippen LogP contribution in [0.4, 0.5) is 11.4 Å². The van der Waals surface area contributed by atoms with Crippen molar-refractivity contribution in [1.29, 1.82) is 0 Å². The molecular formula is C33H39IN2O8. The predicted octanol–water partition coefficient (Wildman–Crippen LogP) is 6.15. The maximum atomic E-state index is 13.8. The molecule has 0 aromatic heterocycles. The molecule has 2 aliphatic rings. The maximum Gasteiger partial charge on any atom is 0.271 e. The molecule has 236 valence electrons. The van der Waals surface area contributed by atoms with Crippen LogP contribution in [-0.4, -0.2) is 51.9 Å². The zero-order chi connectivity index (χ0) is 32.1. The van der Waals surface area contributed by atoms with Gasteiger partial charge in [-0.1, -0.05) is 50.0 Å². The van der Waals surface area contributed by atoms with Crippen molar-refractivity contribution >= 4 is 51.9 Å². The smallest absolute Gasteiger partial charge is 0.271 e. The first kappa shape index (κ1) is 33.6. The van der Waals surface area contributed by atoms with E-state index in [-0.39, 0.29) is 17.1 Å². The Kier molecular flexibility index (Phi) is 11.2. The van der Waals surface area contributed by atoms with Crippen LogP contribution in [0.15, 0.2) is 53.1 Å². The topological polar surface area (TPSA) is 150 Å². The minimum atomic E-state index is -0.931. The Morgan fingerprint density at radius 2 is 1.93 bits per heavy atom. The van der Waals surface area contributed by atoms with Crippen molar-refractivity contribution in [2.45, 2.75) is 64.9 Å². The van der Waals surface area contributed by atoms with Crippen LogP contribution >= 0.6 is 22.6 Å². The Hall–Kier alpha value is -3.29. The number of imide groups is 1. The summed E-state index contributed by atoms with van der Waals surface area (Å²) in [6, 6.07) is 9.08. The number of carbonyl (C=O) groups is 2. The van der Waals surface area contributed by atoms with Crippen molar-refractivity contribution in [2.24, 2.45) is 17.8 Å². The number of ether oxygens (including phenoxy) is 1. The van der Waals surface area contributed by atoms with Crippen LogP contribution in [0, 0.1) is 31.4 Å². The van der Waals surface area contributed by atoms with E-state index in [2.05, 4.69) is 29.5 Å². The number of non-ortho nitro benzene ring substituents is 1. The summed E-state index contributed by atoms with van der Waals surface area (Å²) in [5.41, 5.74) is 3.41. The largest absolute Gasteiger partial charge is 0.504 e. The second kappa shape index (κ2) is 14.7. The number of phenols is 1. The number of nitrogens with zero attached hydrogens (tertiary/aromatic N) is 2. The minimum absolute atomic E-state index is 0.0859. The molecule has 10 nitrogen and oxygen atoms in total. The molecule has 1 saturated heterocycles. The molecule has 2 aromatic rings. The van der Waals surface area contributed by atoms with E-state index >= 15 is 0 Å². The molecule has 4 rings (SSSR count). The monoisotopic (exact) mass is 718 g/mol. The lowest BCUT2D eigenvalue weighted by molar-refractivity contribution is -0.384. The molecule has 1 aliphatic heterocycles. The van der Waals surface area contributed by atoms with Gasteiger partial charge in [0.2, 0.25) is 11.8 Å². The number of amides is 2. The third-order valence-corrected chi connectivity index (χ3v) is 9.36. The van der Waals surface area contributed by atoms with Crippen molar-refractivity contribution in [3.05, 3.63) is 72.4 Å². The molecule has 2 amide bonds. The number of aliphatic hydroxyl groups excluding tert-OH is 2. The van der Waals surface area contributed by atoms with Crippen molar-refractivity contribution in [3.8, 4) is 11.5 Å². The molecule has 0 bridgehead atoms. The molecule has 0 saturated carbocycles. The number of aliphatic hydroxyl groups is 2. The molecule has 11 heteroatoms. The highest BCUT2D eigenvalue weighted by Gasteiger charge is 2.55. The fourth-order valence-corrected chi connectivity index (χ4v) is 7.26. The van der Waals surface area contributed by atoms with Gasteiger partial charge < -0.3 is 20.1 Å². The van der Waals surface area contributed by atoms with Crippen LogP contribution in [0.5, 0.6) is 11.5 Å². The molecule has 1 fully saturated rings. The van der Waals surface area contributed by atoms with Gasteiger partial charge in [0.25, 0.3) is 5.69 Å². The van der Waals surface area contributed by atoms with E-state index in [1.807, 2.05) is 19.1 Å². The number of nitro benzene ring substituents is 1. The van der Waals surface area contributed by atoms with E-state index in [0.29, 0.717) is 40.6 Å². The van der Waals surface area contributed by atoms with E-state index in [9.17, 15) is 35.0 Å². The summed E-state index contributed by atoms with van der Waals surface area (Å²) < 4.78 is 5.97. The van der Waals surface area contributed by atoms with E-state index in [0.717, 1.165) is 40.9 Å². The number of anilines is 1. The number of aromatic hydroxyl groups is 1. The quantitative estimate of drug-likeness (QED) is 0.0734. The Bertz CT molecular complexity index is 1490. The van der Waals surface area contributed by atoms with Gasteiger partial charge in [0.15, 0.2) is 11.5 Å². The Balaban J connectivity index is 1.62. The summed E-state index contributed by atoms with van der Waals surface area (Å²) >= 11 is 2.06. The zero-order valence-corrected chi connectivity index (χ0v) is 27.3. The number of nitro groups is 1. The fourth-order valence-electron chi connectivity index (χ4n) is 6.63. The number of phenolic OH excluding ortho intramolecular Hbond substituents is 1. The van der Waals surface area contributed by atoms with Crippen molar-refractivity contribution in [1.82, 2.24) is 0 Å². The molecule has 0 radical (unpaired) electrons. The van der Waals surface area contributed by atoms with Crippen LogP contribution < -0.4 is 9.64 Å². The summed E-state index contributed by atoms with van der Waals surface area (Å²) in [6.45, 7) is 3.67. The Morgan fingerprint density at radius 3 is 2.57 bits per heavy atom. The van der Waals surface area contributed by atoms with E-state index < -0.39 is 47.2 Å². The van der Waals surface area contributed by atoms with Crippen LogP contribution in [0.25, 0.3) is 6.08 Å². The van der Waals surface area contributed by atoms with E-state index in [1.54, 1.807) is 6.07 Å². The van der Waals surface area contributed by atoms with Crippen LogP contribution in [0.2, 0.25) is 0 Å². The molecule has 3 N–H and O–H groups in total. The van der Waals surface area contributed by atoms with Crippen LogP contribution in [-0.2, 0) is 9.59 Å². The van der Waals surface area contributed by atoms with Gasteiger partial charge >= 0.3 is 0 Å². The molecule has 44 heavy (non-hydrogen) atoms. The van der Waals surface area contributed by atoms with Crippen LogP contribution in [0.3, 0.4) is 0 Å². The molecule has 0 spiro atoms. The molecule has 2 aromatic carbocycles. The normalized spacial score (nSPS) is 21.1. The number of methoxy groups -OCH3 is 1. The molecule has 1 heterocycles. The van der Waals surface area contributed by atoms with Gasteiger partial charge in [0, 0.05) is 18.1 Å². The van der Waals surface area contributed by atoms with Gasteiger partial charge in [-0.3, -0.25) is 19.7 Å². The van der Waals surface area contributed by atoms with Crippen LogP contribution in [0.1, 0.15) is 64.4 Å². The SMILES string of the molecule is CCCC1=C([C@H](O)CC/C(=C/c2cc(I)c(O)c(OC)c2)CCC)[C@H](CO)[C@@H]2C(=O)N(c3cccc([N+](=O)[O-])c3)C(=O)[C@@H]2C1. The highest BCUT2D eigenvalue weighted by atomic mass is 127. The van der Waals surface area contributed by atoms with Gasteiger partial charge in [0.1, 0.15) is 0 Å². The maximum absolute atomic E-state index is 13.8. The van der Waals surface area contributed by atoms with Crippen molar-refractivity contribution in [3.63, 3.8) is 0 Å².